The van der Waals surface area contributed by atoms with Gasteiger partial charge < -0.3 is 28.4 Å². The van der Waals surface area contributed by atoms with E-state index >= 15 is 0 Å². The predicted molar refractivity (Wildman–Crippen MR) is 325 cm³/mol. The third-order valence-corrected chi connectivity index (χ3v) is 16.6. The Morgan fingerprint density at radius 3 is 0.935 bits per heavy atom. The summed E-state index contributed by atoms with van der Waals surface area (Å²) in [4.78, 5) is 3.80. The molecule has 0 saturated heterocycles. The molecule has 0 radical (unpaired) electrons. The van der Waals surface area contributed by atoms with Crippen LogP contribution in [-0.4, -0.2) is 9.13 Å². The zero-order valence-corrected chi connectivity index (χ0v) is 46.8. The Labute approximate surface area is 512 Å². The fourth-order valence-electron chi connectivity index (χ4n) is 12.7. The van der Waals surface area contributed by atoms with E-state index in [1.807, 2.05) is 82.6 Å². The van der Waals surface area contributed by atoms with Crippen LogP contribution in [0.1, 0.15) is 33.4 Å². The number of nitrogens with zero attached hydrogens (tertiary/aromatic N) is 6. The van der Waals surface area contributed by atoms with Crippen molar-refractivity contribution in [2.24, 2.45) is 0 Å². The van der Waals surface area contributed by atoms with E-state index in [4.69, 9.17) is 9.47 Å². The van der Waals surface area contributed by atoms with Crippen LogP contribution in [0, 0.1) is 22.7 Å². The van der Waals surface area contributed by atoms with E-state index in [9.17, 15) is 63.2 Å². The Balaban J connectivity index is 1.15. The SMILES string of the molecule is N#Cc1c(-c2ccc3c(c2)Oc2ccccc2N3c2ccccc2)c(-n2c3ccc(C(F)(F)F)cc3c3cc(C(F)(F)F)ccc32)c(-c2ccc3c(c2)Oc2ccccc2N3c2ccccc2)c(C#N)c1-n1c2ccc(C(F)(F)F)cc2c2cc(C(F)(F)F)ccc21. The van der Waals surface area contributed by atoms with E-state index in [-0.39, 0.29) is 88.7 Å². The summed E-state index contributed by atoms with van der Waals surface area (Å²) in [5, 5.41) is 23.1. The van der Waals surface area contributed by atoms with E-state index in [0.717, 1.165) is 36.4 Å². The zero-order valence-electron chi connectivity index (χ0n) is 46.8. The number of rotatable bonds is 6. The lowest BCUT2D eigenvalue weighted by atomic mass is 9.85. The van der Waals surface area contributed by atoms with Gasteiger partial charge in [-0.05, 0) is 157 Å². The summed E-state index contributed by atoms with van der Waals surface area (Å²) in [5.74, 6) is 1.01. The highest BCUT2D eigenvalue weighted by Crippen LogP contribution is 2.57. The van der Waals surface area contributed by atoms with Crippen molar-refractivity contribution in [1.29, 1.82) is 10.5 Å². The van der Waals surface area contributed by atoms with Gasteiger partial charge in [-0.3, -0.25) is 0 Å². The van der Waals surface area contributed by atoms with E-state index in [0.29, 0.717) is 82.0 Å². The number of alkyl halides is 12. The minimum Gasteiger partial charge on any atom is -0.453 e. The Hall–Kier alpha value is -11.6. The lowest BCUT2D eigenvalue weighted by Gasteiger charge is -2.34. The van der Waals surface area contributed by atoms with Crippen LogP contribution in [-0.2, 0) is 24.7 Å². The number of halogens is 12. The lowest BCUT2D eigenvalue weighted by molar-refractivity contribution is -0.138. The summed E-state index contributed by atoms with van der Waals surface area (Å²) in [6, 6.07) is 56.3. The smallest absolute Gasteiger partial charge is 0.416 e. The van der Waals surface area contributed by atoms with Gasteiger partial charge in [0.2, 0.25) is 0 Å². The molecule has 92 heavy (non-hydrogen) atoms. The minimum absolute atomic E-state index is 0.0707. The third-order valence-electron chi connectivity index (χ3n) is 16.6. The number of ether oxygens (including phenoxy) is 2. The second-order valence-electron chi connectivity index (χ2n) is 21.9. The molecule has 0 aliphatic carbocycles. The summed E-state index contributed by atoms with van der Waals surface area (Å²) in [5.41, 5.74) is -3.88. The van der Waals surface area contributed by atoms with E-state index in [1.54, 1.807) is 72.8 Å². The summed E-state index contributed by atoms with van der Waals surface area (Å²) in [6.45, 7) is 0. The van der Waals surface area contributed by atoms with Gasteiger partial charge in [0.05, 0.1) is 89.6 Å². The Bertz CT molecular complexity index is 5020. The van der Waals surface area contributed by atoms with Crippen molar-refractivity contribution in [1.82, 2.24) is 9.13 Å². The molecule has 2 aliphatic rings. The molecule has 0 spiro atoms. The van der Waals surface area contributed by atoms with Gasteiger partial charge in [0.1, 0.15) is 12.1 Å². The number of aromatic nitrogens is 2. The van der Waals surface area contributed by atoms with E-state index in [1.165, 1.54) is 9.13 Å². The highest BCUT2D eigenvalue weighted by atomic mass is 19.4. The molecule has 0 bridgehead atoms. The first-order valence-corrected chi connectivity index (χ1v) is 28.1. The molecule has 450 valence electrons. The molecular weight excluding hydrogens is 1210 g/mol. The Kier molecular flexibility index (Phi) is 12.6. The van der Waals surface area contributed by atoms with Gasteiger partial charge in [-0.2, -0.15) is 63.2 Å². The molecule has 20 heteroatoms. The fourth-order valence-corrected chi connectivity index (χ4v) is 12.7. The number of fused-ring (bicyclic) bond motifs is 10. The molecule has 4 heterocycles. The second kappa shape index (κ2) is 20.5. The van der Waals surface area contributed by atoms with Crippen molar-refractivity contribution in [3.05, 3.63) is 252 Å². The maximum Gasteiger partial charge on any atom is 0.416 e. The van der Waals surface area contributed by atoms with Crippen LogP contribution in [0.4, 0.5) is 86.8 Å². The van der Waals surface area contributed by atoms with Gasteiger partial charge >= 0.3 is 24.7 Å². The first-order chi connectivity index (χ1) is 44.1. The Morgan fingerprint density at radius 2 is 0.609 bits per heavy atom. The molecule has 2 aromatic heterocycles. The van der Waals surface area contributed by atoms with Crippen LogP contribution in [0.3, 0.4) is 0 Å². The fraction of sp³-hybridized carbons (Fsp3) is 0.0556. The maximum atomic E-state index is 15.0. The van der Waals surface area contributed by atoms with E-state index < -0.39 is 58.1 Å². The molecule has 2 aliphatic heterocycles. The summed E-state index contributed by atoms with van der Waals surface area (Å²) < 4.78 is 195. The molecule has 0 N–H and O–H groups in total. The maximum absolute atomic E-state index is 15.0. The van der Waals surface area contributed by atoms with Gasteiger partial charge in [-0.15, -0.1) is 0 Å². The monoisotopic (exact) mass is 1240 g/mol. The molecule has 0 amide bonds. The number of anilines is 6. The number of hydrogen-bond donors (Lipinski definition) is 0. The standard InChI is InChI=1S/C72H36F12N6O2/c73-69(74,75)41-21-27-53-47(33-41)48-34-42(70(76,77)78)22-28-54(48)89(53)67-51(37-85)65(39-19-25-59-63(31-39)91-61-17-9-7-15-57(61)87(59)45-11-3-1-4-12-45)68(90-55-29-23-43(71(79,80)81)35-49(55)50-36-44(72(82,83)84)24-30-56(50)90)66(52(67)38-86)40-20-26-60-64(32-40)92-62-18-10-8-16-58(62)88(60)46-13-5-2-6-14-46/h1-36H. The molecule has 15 rings (SSSR count). The van der Waals surface area contributed by atoms with Crippen molar-refractivity contribution in [2.75, 3.05) is 9.80 Å². The molecule has 11 aromatic carbocycles. The van der Waals surface area contributed by atoms with E-state index in [2.05, 4.69) is 12.1 Å². The largest absolute Gasteiger partial charge is 0.453 e. The van der Waals surface area contributed by atoms with Crippen LogP contribution >= 0.6 is 0 Å². The normalized spacial score (nSPS) is 13.1. The number of nitriles is 2. The number of benzene rings is 11. The molecule has 0 saturated carbocycles. The topological polar surface area (TPSA) is 82.4 Å². The molecule has 8 nitrogen and oxygen atoms in total. The highest BCUT2D eigenvalue weighted by Gasteiger charge is 2.40. The molecule has 13 aromatic rings. The van der Waals surface area contributed by atoms with Gasteiger partial charge in [-0.25, -0.2) is 0 Å². The molecule has 0 fully saturated rings. The first-order valence-electron chi connectivity index (χ1n) is 28.1. The number of hydrogen-bond acceptors (Lipinski definition) is 6. The summed E-state index contributed by atoms with van der Waals surface area (Å²) >= 11 is 0. The average molecular weight is 1250 g/mol. The minimum atomic E-state index is -5.03. The van der Waals surface area contributed by atoms with Crippen molar-refractivity contribution < 1.29 is 62.2 Å². The number of para-hydroxylation sites is 6. The van der Waals surface area contributed by atoms with Gasteiger partial charge in [0.25, 0.3) is 0 Å². The van der Waals surface area contributed by atoms with Gasteiger partial charge in [0.15, 0.2) is 23.0 Å². The first kappa shape index (κ1) is 56.8. The highest BCUT2D eigenvalue weighted by molar-refractivity contribution is 6.14. The lowest BCUT2D eigenvalue weighted by Crippen LogP contribution is -2.16. The molecular formula is C72H36F12N6O2. The molecule has 0 atom stereocenters. The molecule has 0 unspecified atom stereocenters. The van der Waals surface area contributed by atoms with Crippen LogP contribution in [0.2, 0.25) is 0 Å². The van der Waals surface area contributed by atoms with Crippen LogP contribution in [0.15, 0.2) is 218 Å². The second-order valence-corrected chi connectivity index (χ2v) is 21.9. The van der Waals surface area contributed by atoms with Gasteiger partial charge in [0, 0.05) is 44.0 Å². The summed E-state index contributed by atoms with van der Waals surface area (Å²) in [6.07, 6.45) is -20.1. The van der Waals surface area contributed by atoms with Crippen LogP contribution in [0.5, 0.6) is 23.0 Å². The zero-order chi connectivity index (χ0) is 63.9. The van der Waals surface area contributed by atoms with Crippen molar-refractivity contribution in [2.45, 2.75) is 24.7 Å². The van der Waals surface area contributed by atoms with Crippen molar-refractivity contribution in [3.63, 3.8) is 0 Å². The average Bonchev–Trinajstić information content (AvgIpc) is 1.41. The Morgan fingerprint density at radius 1 is 0.304 bits per heavy atom. The summed E-state index contributed by atoms with van der Waals surface area (Å²) in [7, 11) is 0. The third kappa shape index (κ3) is 8.99. The van der Waals surface area contributed by atoms with Crippen LogP contribution < -0.4 is 19.3 Å². The predicted octanol–water partition coefficient (Wildman–Crippen LogP) is 22.2. The quantitative estimate of drug-likeness (QED) is 0.154. The van der Waals surface area contributed by atoms with Gasteiger partial charge in [-0.1, -0.05) is 72.8 Å². The van der Waals surface area contributed by atoms with Crippen molar-refractivity contribution >= 4 is 77.7 Å². The van der Waals surface area contributed by atoms with Crippen LogP contribution in [0.25, 0.3) is 77.2 Å². The van der Waals surface area contributed by atoms with Crippen molar-refractivity contribution in [3.8, 4) is 68.8 Å².